The Hall–Kier alpha value is -3.11. The number of carbonyl (C=O) groups is 1. The van der Waals surface area contributed by atoms with Crippen LogP contribution in [0.1, 0.15) is 35.8 Å². The minimum Gasteiger partial charge on any atom is -0.355 e. The van der Waals surface area contributed by atoms with Crippen molar-refractivity contribution < 1.29 is 13.2 Å². The van der Waals surface area contributed by atoms with E-state index >= 15 is 0 Å². The van der Waals surface area contributed by atoms with Crippen LogP contribution in [0.4, 0.5) is 17.2 Å². The number of hydrogen-bond donors (Lipinski definition) is 2. The van der Waals surface area contributed by atoms with E-state index in [0.717, 1.165) is 49.5 Å². The van der Waals surface area contributed by atoms with E-state index in [4.69, 9.17) is 4.98 Å². The second-order valence-corrected chi connectivity index (χ2v) is 11.2. The molecule has 1 fully saturated rings. The van der Waals surface area contributed by atoms with Gasteiger partial charge in [-0.1, -0.05) is 13.0 Å². The number of rotatable bonds is 11. The third-order valence-corrected chi connectivity index (χ3v) is 6.58. The van der Waals surface area contributed by atoms with Crippen molar-refractivity contribution in [1.29, 1.82) is 0 Å². The molecule has 9 nitrogen and oxygen atoms in total. The molecule has 2 heterocycles. The van der Waals surface area contributed by atoms with E-state index in [1.165, 1.54) is 12.8 Å². The van der Waals surface area contributed by atoms with Crippen LogP contribution in [-0.4, -0.2) is 68.6 Å². The Morgan fingerprint density at radius 1 is 1.14 bits per heavy atom. The molecule has 1 aromatic carbocycles. The fraction of sp³-hybridized carbons (Fsp3) is 0.440. The quantitative estimate of drug-likeness (QED) is 0.421. The van der Waals surface area contributed by atoms with Gasteiger partial charge in [-0.05, 0) is 69.6 Å². The van der Waals surface area contributed by atoms with Gasteiger partial charge in [0, 0.05) is 31.5 Å². The number of imidazole rings is 1. The molecule has 2 aromatic heterocycles. The number of carbonyl (C=O) groups excluding carboxylic acids is 1. The second kappa shape index (κ2) is 10.2. The second-order valence-electron chi connectivity index (χ2n) is 9.48. The molecule has 0 radical (unpaired) electrons. The molecule has 2 N–H and O–H groups in total. The van der Waals surface area contributed by atoms with Gasteiger partial charge in [0.1, 0.15) is 11.5 Å². The number of nitrogens with zero attached hydrogens (tertiary/aromatic N) is 4. The first-order valence-electron chi connectivity index (χ1n) is 11.9. The van der Waals surface area contributed by atoms with Crippen LogP contribution in [0.5, 0.6) is 0 Å². The molecule has 0 aliphatic heterocycles. The Kier molecular flexibility index (Phi) is 7.32. The Labute approximate surface area is 207 Å². The van der Waals surface area contributed by atoms with E-state index in [1.54, 1.807) is 30.3 Å². The van der Waals surface area contributed by atoms with Crippen molar-refractivity contribution in [2.24, 2.45) is 5.92 Å². The molecular weight excluding hydrogens is 464 g/mol. The summed E-state index contributed by atoms with van der Waals surface area (Å²) in [5, 5.41) is 2.87. The number of nitrogens with one attached hydrogen (secondary N) is 2. The lowest BCUT2D eigenvalue weighted by Gasteiger charge is -2.27. The summed E-state index contributed by atoms with van der Waals surface area (Å²) >= 11 is 0. The average Bonchev–Trinajstić information content (AvgIpc) is 3.53. The van der Waals surface area contributed by atoms with Gasteiger partial charge in [0.15, 0.2) is 0 Å². The number of sulfonamides is 1. The van der Waals surface area contributed by atoms with Gasteiger partial charge >= 0.3 is 0 Å². The SMILES string of the molecule is CCc1nc2ccc(C(=O)Nc3cccc(NS(C)(=O)=O)c3)cn2c1N(CCN(C)C)CC1CC1. The number of fused-ring (bicyclic) bond motifs is 1. The number of anilines is 3. The van der Waals surface area contributed by atoms with Crippen LogP contribution in [0.25, 0.3) is 5.65 Å². The largest absolute Gasteiger partial charge is 0.355 e. The monoisotopic (exact) mass is 498 g/mol. The maximum absolute atomic E-state index is 13.1. The van der Waals surface area contributed by atoms with Crippen LogP contribution in [0.15, 0.2) is 42.6 Å². The van der Waals surface area contributed by atoms with Crippen molar-refractivity contribution >= 4 is 38.8 Å². The third kappa shape index (κ3) is 6.52. The summed E-state index contributed by atoms with van der Waals surface area (Å²) < 4.78 is 27.5. The molecule has 0 atom stereocenters. The number of aromatic nitrogens is 2. The maximum Gasteiger partial charge on any atom is 0.257 e. The normalized spacial score (nSPS) is 13.9. The molecule has 0 spiro atoms. The van der Waals surface area contributed by atoms with Crippen LogP contribution in [0.3, 0.4) is 0 Å². The van der Waals surface area contributed by atoms with Crippen molar-refractivity contribution in [3.63, 3.8) is 0 Å². The summed E-state index contributed by atoms with van der Waals surface area (Å²) in [5.74, 6) is 1.50. The predicted molar refractivity (Wildman–Crippen MR) is 141 cm³/mol. The van der Waals surface area contributed by atoms with Crippen LogP contribution < -0.4 is 14.9 Å². The fourth-order valence-electron chi connectivity index (χ4n) is 4.08. The Morgan fingerprint density at radius 2 is 1.89 bits per heavy atom. The van der Waals surface area contributed by atoms with E-state index in [0.29, 0.717) is 22.9 Å². The number of amides is 1. The topological polar surface area (TPSA) is 99.0 Å². The number of hydrogen-bond acceptors (Lipinski definition) is 6. The van der Waals surface area contributed by atoms with Crippen molar-refractivity contribution in [2.45, 2.75) is 26.2 Å². The molecule has 3 aromatic rings. The number of benzene rings is 1. The summed E-state index contributed by atoms with van der Waals surface area (Å²) in [7, 11) is 0.746. The first kappa shape index (κ1) is 25.0. The number of likely N-dealkylation sites (N-methyl/N-ethyl adjacent to an activating group) is 1. The summed E-state index contributed by atoms with van der Waals surface area (Å²) in [6.07, 6.45) is 6.27. The minimum absolute atomic E-state index is 0.275. The lowest BCUT2D eigenvalue weighted by Crippen LogP contribution is -2.34. The van der Waals surface area contributed by atoms with Gasteiger partial charge in [-0.25, -0.2) is 13.4 Å². The molecule has 0 saturated heterocycles. The van der Waals surface area contributed by atoms with Gasteiger partial charge in [-0.2, -0.15) is 0 Å². The highest BCUT2D eigenvalue weighted by molar-refractivity contribution is 7.92. The highest BCUT2D eigenvalue weighted by Crippen LogP contribution is 2.33. The van der Waals surface area contributed by atoms with Gasteiger partial charge in [-0.15, -0.1) is 0 Å². The van der Waals surface area contributed by atoms with Crippen molar-refractivity contribution in [1.82, 2.24) is 14.3 Å². The molecular formula is C25H34N6O3S. The van der Waals surface area contributed by atoms with E-state index in [9.17, 15) is 13.2 Å². The molecule has 0 unspecified atom stereocenters. The van der Waals surface area contributed by atoms with E-state index in [-0.39, 0.29) is 5.91 Å². The Balaban J connectivity index is 1.63. The van der Waals surface area contributed by atoms with E-state index < -0.39 is 10.0 Å². The van der Waals surface area contributed by atoms with Crippen molar-refractivity contribution in [2.75, 3.05) is 54.9 Å². The molecule has 1 aliphatic rings. The van der Waals surface area contributed by atoms with Crippen molar-refractivity contribution in [3.8, 4) is 0 Å². The maximum atomic E-state index is 13.1. The highest BCUT2D eigenvalue weighted by Gasteiger charge is 2.27. The van der Waals surface area contributed by atoms with Crippen LogP contribution in [0, 0.1) is 5.92 Å². The summed E-state index contributed by atoms with van der Waals surface area (Å²) in [6.45, 7) is 4.92. The smallest absolute Gasteiger partial charge is 0.257 e. The van der Waals surface area contributed by atoms with Crippen LogP contribution in [0.2, 0.25) is 0 Å². The van der Waals surface area contributed by atoms with Crippen LogP contribution >= 0.6 is 0 Å². The molecule has 0 bridgehead atoms. The molecule has 4 rings (SSSR count). The molecule has 10 heteroatoms. The van der Waals surface area contributed by atoms with Gasteiger partial charge in [0.05, 0.1) is 23.2 Å². The standard InChI is InChI=1S/C25H34N6O3S/c1-5-22-25(30(14-13-29(2)3)16-18-9-10-18)31-17-19(11-12-23(31)27-22)24(32)26-20-7-6-8-21(15-20)28-35(4,33)34/h6-8,11-12,15,17-18,28H,5,9-10,13-14,16H2,1-4H3,(H,26,32). The Morgan fingerprint density at radius 3 is 2.54 bits per heavy atom. The molecule has 1 saturated carbocycles. The zero-order valence-electron chi connectivity index (χ0n) is 20.8. The minimum atomic E-state index is -3.41. The first-order valence-corrected chi connectivity index (χ1v) is 13.8. The van der Waals surface area contributed by atoms with Gasteiger partial charge in [-0.3, -0.25) is 13.9 Å². The molecule has 188 valence electrons. The Bertz CT molecular complexity index is 1310. The lowest BCUT2D eigenvalue weighted by atomic mass is 10.2. The molecule has 35 heavy (non-hydrogen) atoms. The molecule has 1 amide bonds. The van der Waals surface area contributed by atoms with E-state index in [2.05, 4.69) is 40.9 Å². The average molecular weight is 499 g/mol. The van der Waals surface area contributed by atoms with Gasteiger partial charge < -0.3 is 15.1 Å². The van der Waals surface area contributed by atoms with E-state index in [1.807, 2.05) is 16.7 Å². The predicted octanol–water partition coefficient (Wildman–Crippen LogP) is 3.30. The summed E-state index contributed by atoms with van der Waals surface area (Å²) in [5.41, 5.74) is 3.24. The zero-order chi connectivity index (χ0) is 25.2. The third-order valence-electron chi connectivity index (χ3n) is 5.98. The van der Waals surface area contributed by atoms with Gasteiger partial charge in [0.25, 0.3) is 5.91 Å². The fourth-order valence-corrected chi connectivity index (χ4v) is 4.64. The summed E-state index contributed by atoms with van der Waals surface area (Å²) in [4.78, 5) is 22.6. The lowest BCUT2D eigenvalue weighted by molar-refractivity contribution is 0.102. The highest BCUT2D eigenvalue weighted by atomic mass is 32.2. The molecule has 1 aliphatic carbocycles. The zero-order valence-corrected chi connectivity index (χ0v) is 21.6. The van der Waals surface area contributed by atoms with Crippen LogP contribution in [-0.2, 0) is 16.4 Å². The summed E-state index contributed by atoms with van der Waals surface area (Å²) in [6, 6.07) is 10.3. The van der Waals surface area contributed by atoms with Gasteiger partial charge in [0.2, 0.25) is 10.0 Å². The van der Waals surface area contributed by atoms with Crippen molar-refractivity contribution in [3.05, 3.63) is 53.9 Å². The number of aryl methyl sites for hydroxylation is 1. The first-order chi connectivity index (χ1) is 16.6. The number of pyridine rings is 1.